The van der Waals surface area contributed by atoms with Gasteiger partial charge < -0.3 is 15.4 Å². The van der Waals surface area contributed by atoms with Crippen LogP contribution in [0.25, 0.3) is 0 Å². The number of rotatable bonds is 25. The maximum atomic E-state index is 12.8. The Balaban J connectivity index is 0.0000168. The summed E-state index contributed by atoms with van der Waals surface area (Å²) in [4.78, 5) is 27.3. The van der Waals surface area contributed by atoms with Crippen molar-refractivity contribution in [2.45, 2.75) is 156 Å². The van der Waals surface area contributed by atoms with Crippen LogP contribution in [0.4, 0.5) is 4.79 Å². The van der Waals surface area contributed by atoms with Crippen LogP contribution in [-0.2, 0) is 11.3 Å². The molecule has 0 atom stereocenters. The van der Waals surface area contributed by atoms with Crippen molar-refractivity contribution in [2.75, 3.05) is 19.6 Å². The van der Waals surface area contributed by atoms with Gasteiger partial charge in [0, 0.05) is 42.8 Å². The summed E-state index contributed by atoms with van der Waals surface area (Å²) in [6, 6.07) is 8.18. The first-order valence-electron chi connectivity index (χ1n) is 16.9. The van der Waals surface area contributed by atoms with Gasteiger partial charge in [-0.3, -0.25) is 9.69 Å². The van der Waals surface area contributed by atoms with Crippen molar-refractivity contribution in [1.29, 1.82) is 0 Å². The van der Waals surface area contributed by atoms with Crippen LogP contribution in [0.1, 0.15) is 153 Å². The number of carbonyl (C=O) groups excluding carboxylic acids is 2. The van der Waals surface area contributed by atoms with Crippen LogP contribution in [0.2, 0.25) is 0 Å². The molecule has 7 heteroatoms. The third-order valence-electron chi connectivity index (χ3n) is 7.90. The average molecular weight is 610 g/mol. The maximum Gasteiger partial charge on any atom is 0.407 e. The first kappa shape index (κ1) is 40.2. The molecule has 0 radical (unpaired) electrons. The molecular formula is C35H64ClN3O3. The lowest BCUT2D eigenvalue weighted by Crippen LogP contribution is -2.42. The van der Waals surface area contributed by atoms with Crippen LogP contribution in [0, 0.1) is 0 Å². The molecule has 0 bridgehead atoms. The van der Waals surface area contributed by atoms with Gasteiger partial charge in [-0.15, -0.1) is 12.4 Å². The number of nitrogens with zero attached hydrogens (tertiary/aromatic N) is 1. The van der Waals surface area contributed by atoms with Gasteiger partial charge in [0.25, 0.3) is 5.91 Å². The van der Waals surface area contributed by atoms with Crippen molar-refractivity contribution >= 4 is 24.4 Å². The van der Waals surface area contributed by atoms with E-state index in [2.05, 4.69) is 50.2 Å². The molecule has 0 aliphatic rings. The van der Waals surface area contributed by atoms with Gasteiger partial charge in [-0.1, -0.05) is 121 Å². The van der Waals surface area contributed by atoms with E-state index in [4.69, 9.17) is 4.74 Å². The van der Waals surface area contributed by atoms with E-state index in [0.717, 1.165) is 24.9 Å². The summed E-state index contributed by atoms with van der Waals surface area (Å²) in [5, 5.41) is 5.87. The van der Waals surface area contributed by atoms with Crippen LogP contribution in [0.5, 0.6) is 0 Å². The summed E-state index contributed by atoms with van der Waals surface area (Å²) >= 11 is 0. The Morgan fingerprint density at radius 3 is 1.67 bits per heavy atom. The van der Waals surface area contributed by atoms with Crippen molar-refractivity contribution in [3.05, 3.63) is 35.4 Å². The fraction of sp³-hybridized carbons (Fsp3) is 0.771. The SMILES string of the molecule is CCCCCCCCCCCCCCCCCCNC(=O)c1ccccc1COC(=O)NCCN(C(C)C)C(C)C.Cl. The molecule has 42 heavy (non-hydrogen) atoms. The maximum absolute atomic E-state index is 12.8. The van der Waals surface area contributed by atoms with Crippen molar-refractivity contribution in [2.24, 2.45) is 0 Å². The number of hydrogen-bond acceptors (Lipinski definition) is 4. The second-order valence-electron chi connectivity index (χ2n) is 12.1. The molecule has 1 aromatic carbocycles. The third-order valence-corrected chi connectivity index (χ3v) is 7.90. The number of benzene rings is 1. The second-order valence-corrected chi connectivity index (χ2v) is 12.1. The number of hydrogen-bond donors (Lipinski definition) is 2. The Hall–Kier alpha value is -1.79. The van der Waals surface area contributed by atoms with Gasteiger partial charge in [0.05, 0.1) is 0 Å². The van der Waals surface area contributed by atoms with E-state index in [9.17, 15) is 9.59 Å². The van der Waals surface area contributed by atoms with E-state index in [0.29, 0.717) is 30.7 Å². The van der Waals surface area contributed by atoms with E-state index in [-0.39, 0.29) is 24.9 Å². The Morgan fingerprint density at radius 2 is 1.17 bits per heavy atom. The highest BCUT2D eigenvalue weighted by molar-refractivity contribution is 5.95. The minimum Gasteiger partial charge on any atom is -0.445 e. The van der Waals surface area contributed by atoms with Crippen LogP contribution >= 0.6 is 12.4 Å². The van der Waals surface area contributed by atoms with Gasteiger partial charge in [0.2, 0.25) is 0 Å². The second kappa shape index (κ2) is 26.8. The normalized spacial score (nSPS) is 11.1. The number of halogens is 1. The topological polar surface area (TPSA) is 70.7 Å². The minimum atomic E-state index is -0.458. The summed E-state index contributed by atoms with van der Waals surface area (Å²) in [7, 11) is 0. The zero-order valence-electron chi connectivity index (χ0n) is 27.7. The lowest BCUT2D eigenvalue weighted by molar-refractivity contribution is 0.0946. The van der Waals surface area contributed by atoms with Gasteiger partial charge in [0.1, 0.15) is 6.61 Å². The molecule has 244 valence electrons. The van der Waals surface area contributed by atoms with Gasteiger partial charge >= 0.3 is 6.09 Å². The van der Waals surface area contributed by atoms with Crippen LogP contribution in [-0.4, -0.2) is 48.6 Å². The van der Waals surface area contributed by atoms with Gasteiger partial charge in [-0.2, -0.15) is 0 Å². The van der Waals surface area contributed by atoms with E-state index in [1.807, 2.05) is 18.2 Å². The van der Waals surface area contributed by atoms with E-state index < -0.39 is 6.09 Å². The quantitative estimate of drug-likeness (QED) is 0.108. The van der Waals surface area contributed by atoms with Crippen molar-refractivity contribution in [3.63, 3.8) is 0 Å². The predicted octanol–water partition coefficient (Wildman–Crippen LogP) is 9.44. The molecule has 1 aromatic rings. The summed E-state index contributed by atoms with van der Waals surface area (Å²) < 4.78 is 5.41. The fourth-order valence-electron chi connectivity index (χ4n) is 5.43. The molecular weight excluding hydrogens is 546 g/mol. The van der Waals surface area contributed by atoms with Crippen molar-refractivity contribution in [1.82, 2.24) is 15.5 Å². The molecule has 1 rings (SSSR count). The molecule has 0 aromatic heterocycles. The minimum absolute atomic E-state index is 0. The van der Waals surface area contributed by atoms with Crippen LogP contribution in [0.15, 0.2) is 24.3 Å². The largest absolute Gasteiger partial charge is 0.445 e. The molecule has 2 N–H and O–H groups in total. The zero-order valence-corrected chi connectivity index (χ0v) is 28.5. The number of unbranched alkanes of at least 4 members (excludes halogenated alkanes) is 15. The number of amides is 2. The molecule has 2 amide bonds. The molecule has 0 unspecified atom stereocenters. The zero-order chi connectivity index (χ0) is 30.1. The molecule has 0 spiro atoms. The van der Waals surface area contributed by atoms with E-state index >= 15 is 0 Å². The number of ether oxygens (including phenoxy) is 1. The monoisotopic (exact) mass is 609 g/mol. The first-order chi connectivity index (χ1) is 19.9. The first-order valence-corrected chi connectivity index (χ1v) is 16.9. The lowest BCUT2D eigenvalue weighted by atomic mass is 10.0. The van der Waals surface area contributed by atoms with Gasteiger partial charge in [-0.05, 0) is 40.2 Å². The molecule has 0 saturated heterocycles. The molecule has 0 saturated carbocycles. The molecule has 0 heterocycles. The Labute approximate surface area is 264 Å². The fourth-order valence-corrected chi connectivity index (χ4v) is 5.43. The van der Waals surface area contributed by atoms with Gasteiger partial charge in [0.15, 0.2) is 0 Å². The highest BCUT2D eigenvalue weighted by Gasteiger charge is 2.15. The summed E-state index contributed by atoms with van der Waals surface area (Å²) in [6.45, 7) is 12.9. The summed E-state index contributed by atoms with van der Waals surface area (Å²) in [6.07, 6.45) is 20.9. The summed E-state index contributed by atoms with van der Waals surface area (Å²) in [5.74, 6) is -0.102. The third kappa shape index (κ3) is 20.2. The Morgan fingerprint density at radius 1 is 0.690 bits per heavy atom. The molecule has 6 nitrogen and oxygen atoms in total. The number of alkyl carbamates (subject to hydrolysis) is 1. The van der Waals surface area contributed by atoms with E-state index in [1.165, 1.54) is 89.9 Å². The van der Waals surface area contributed by atoms with Crippen molar-refractivity contribution in [3.8, 4) is 0 Å². The molecule has 0 fully saturated rings. The average Bonchev–Trinajstić information content (AvgIpc) is 2.95. The molecule has 0 aliphatic carbocycles. The number of carbonyl (C=O) groups is 2. The number of nitrogens with one attached hydrogen (secondary N) is 2. The van der Waals surface area contributed by atoms with E-state index in [1.54, 1.807) is 6.07 Å². The summed E-state index contributed by atoms with van der Waals surface area (Å²) in [5.41, 5.74) is 1.29. The van der Waals surface area contributed by atoms with Crippen LogP contribution < -0.4 is 10.6 Å². The van der Waals surface area contributed by atoms with Crippen LogP contribution in [0.3, 0.4) is 0 Å². The Kier molecular flexibility index (Phi) is 25.7. The smallest absolute Gasteiger partial charge is 0.407 e. The highest BCUT2D eigenvalue weighted by atomic mass is 35.5. The van der Waals surface area contributed by atoms with Crippen molar-refractivity contribution < 1.29 is 14.3 Å². The predicted molar refractivity (Wildman–Crippen MR) is 181 cm³/mol. The molecule has 0 aliphatic heterocycles. The standard InChI is InChI=1S/C35H63N3O3.ClH/c1-6-7-8-9-10-11-12-13-14-15-16-17-18-19-20-23-26-36-34(39)33-25-22-21-24-32(33)29-41-35(40)37-27-28-38(30(2)3)31(4)5;/h21-22,24-25,30-31H,6-20,23,26-29H2,1-5H3,(H,36,39)(H,37,40);1H. The lowest BCUT2D eigenvalue weighted by Gasteiger charge is -2.30. The Bertz CT molecular complexity index is 795. The van der Waals surface area contributed by atoms with Gasteiger partial charge in [-0.25, -0.2) is 4.79 Å². The highest BCUT2D eigenvalue weighted by Crippen LogP contribution is 2.14.